The highest BCUT2D eigenvalue weighted by molar-refractivity contribution is 9.10. The molecule has 110 valence electrons. The minimum absolute atomic E-state index is 0.109. The quantitative estimate of drug-likeness (QED) is 0.742. The van der Waals surface area contributed by atoms with Gasteiger partial charge >= 0.3 is 0 Å². The van der Waals surface area contributed by atoms with Crippen molar-refractivity contribution in [3.63, 3.8) is 0 Å². The highest BCUT2D eigenvalue weighted by Crippen LogP contribution is 2.25. The van der Waals surface area contributed by atoms with E-state index in [1.54, 1.807) is 7.11 Å². The minimum atomic E-state index is 0.109. The van der Waals surface area contributed by atoms with Gasteiger partial charge in [0.25, 0.3) is 0 Å². The van der Waals surface area contributed by atoms with Crippen molar-refractivity contribution in [1.82, 2.24) is 0 Å². The van der Waals surface area contributed by atoms with Crippen molar-refractivity contribution in [2.75, 3.05) is 7.11 Å². The zero-order valence-corrected chi connectivity index (χ0v) is 14.4. The van der Waals surface area contributed by atoms with Crippen LogP contribution in [0.15, 0.2) is 34.8 Å². The van der Waals surface area contributed by atoms with Crippen LogP contribution in [0.4, 0.5) is 0 Å². The normalized spacial score (nSPS) is 10.5. The maximum absolute atomic E-state index is 12.5. The summed E-state index contributed by atoms with van der Waals surface area (Å²) in [5.41, 5.74) is 4.96. The summed E-state index contributed by atoms with van der Waals surface area (Å²) in [6.45, 7) is 6.02. The average Bonchev–Trinajstić information content (AvgIpc) is 2.44. The molecule has 0 unspecified atom stereocenters. The fraction of sp³-hybridized carbons (Fsp3) is 0.278. The molecule has 0 radical (unpaired) electrons. The summed E-state index contributed by atoms with van der Waals surface area (Å²) in [5.74, 6) is 0.872. The Kier molecular flexibility index (Phi) is 4.84. The summed E-state index contributed by atoms with van der Waals surface area (Å²) in [4.78, 5) is 12.5. The van der Waals surface area contributed by atoms with E-state index in [9.17, 15) is 4.79 Å². The maximum atomic E-state index is 12.5. The zero-order chi connectivity index (χ0) is 15.6. The summed E-state index contributed by atoms with van der Waals surface area (Å²) < 4.78 is 6.41. The number of aryl methyl sites for hydroxylation is 3. The summed E-state index contributed by atoms with van der Waals surface area (Å²) in [6, 6.07) is 9.77. The van der Waals surface area contributed by atoms with E-state index in [2.05, 4.69) is 15.9 Å². The fourth-order valence-electron chi connectivity index (χ4n) is 2.43. The molecule has 0 aliphatic rings. The lowest BCUT2D eigenvalue weighted by Crippen LogP contribution is -2.06. The number of ketones is 1. The Morgan fingerprint density at radius 2 is 1.71 bits per heavy atom. The molecule has 2 aromatic rings. The monoisotopic (exact) mass is 346 g/mol. The molecule has 0 spiro atoms. The molecular formula is C18H19BrO2. The first-order chi connectivity index (χ1) is 9.92. The first kappa shape index (κ1) is 15.8. The molecule has 2 aromatic carbocycles. The van der Waals surface area contributed by atoms with Crippen molar-refractivity contribution in [3.05, 3.63) is 62.6 Å². The molecule has 0 aromatic heterocycles. The van der Waals surface area contributed by atoms with Gasteiger partial charge in [0.05, 0.1) is 7.11 Å². The zero-order valence-electron chi connectivity index (χ0n) is 12.8. The molecule has 0 N–H and O–H groups in total. The van der Waals surface area contributed by atoms with Gasteiger partial charge in [0, 0.05) is 22.0 Å². The van der Waals surface area contributed by atoms with Crippen LogP contribution >= 0.6 is 15.9 Å². The highest BCUT2D eigenvalue weighted by atomic mass is 79.9. The summed E-state index contributed by atoms with van der Waals surface area (Å²) in [5, 5.41) is 0. The number of carbonyl (C=O) groups is 1. The Bertz CT molecular complexity index is 667. The third-order valence-corrected chi connectivity index (χ3v) is 4.80. The second-order valence-electron chi connectivity index (χ2n) is 5.34. The van der Waals surface area contributed by atoms with Crippen molar-refractivity contribution in [1.29, 1.82) is 0 Å². The predicted molar refractivity (Wildman–Crippen MR) is 89.4 cm³/mol. The maximum Gasteiger partial charge on any atom is 0.167 e. The largest absolute Gasteiger partial charge is 0.496 e. The molecule has 0 fully saturated rings. The number of rotatable bonds is 4. The number of methoxy groups -OCH3 is 1. The number of halogens is 1. The van der Waals surface area contributed by atoms with E-state index in [1.807, 2.05) is 51.1 Å². The molecule has 0 saturated heterocycles. The average molecular weight is 347 g/mol. The second-order valence-corrected chi connectivity index (χ2v) is 6.13. The number of carbonyl (C=O) groups excluding carboxylic acids is 1. The Morgan fingerprint density at radius 1 is 1.10 bits per heavy atom. The number of ether oxygens (including phenoxy) is 1. The lowest BCUT2D eigenvalue weighted by Gasteiger charge is -2.11. The third-order valence-electron chi connectivity index (χ3n) is 3.55. The van der Waals surface area contributed by atoms with Gasteiger partial charge in [0.2, 0.25) is 0 Å². The van der Waals surface area contributed by atoms with Crippen LogP contribution in [0.5, 0.6) is 5.75 Å². The Morgan fingerprint density at radius 3 is 2.29 bits per heavy atom. The van der Waals surface area contributed by atoms with Crippen molar-refractivity contribution >= 4 is 21.7 Å². The van der Waals surface area contributed by atoms with Gasteiger partial charge in [-0.1, -0.05) is 33.6 Å². The first-order valence-electron chi connectivity index (χ1n) is 6.86. The minimum Gasteiger partial charge on any atom is -0.496 e. The van der Waals surface area contributed by atoms with Gasteiger partial charge in [-0.25, -0.2) is 0 Å². The predicted octanol–water partition coefficient (Wildman–Crippen LogP) is 4.81. The summed E-state index contributed by atoms with van der Waals surface area (Å²) >= 11 is 3.53. The number of hydrogen-bond donors (Lipinski definition) is 0. The van der Waals surface area contributed by atoms with E-state index in [0.717, 1.165) is 38.0 Å². The molecule has 0 heterocycles. The molecule has 0 aliphatic carbocycles. The topological polar surface area (TPSA) is 26.3 Å². The van der Waals surface area contributed by atoms with E-state index >= 15 is 0 Å². The Balaban J connectivity index is 2.32. The number of Topliss-reactive ketones (excluding diaryl/α,β-unsaturated/α-hetero) is 1. The highest BCUT2D eigenvalue weighted by Gasteiger charge is 2.13. The molecule has 21 heavy (non-hydrogen) atoms. The van der Waals surface area contributed by atoms with Crippen LogP contribution in [0.2, 0.25) is 0 Å². The van der Waals surface area contributed by atoms with Crippen LogP contribution in [0, 0.1) is 20.8 Å². The molecule has 2 rings (SSSR count). The molecule has 0 amide bonds. The van der Waals surface area contributed by atoms with Crippen LogP contribution in [-0.2, 0) is 6.42 Å². The van der Waals surface area contributed by atoms with E-state index in [-0.39, 0.29) is 5.78 Å². The lowest BCUT2D eigenvalue weighted by atomic mass is 9.98. The smallest absolute Gasteiger partial charge is 0.167 e. The third kappa shape index (κ3) is 3.53. The first-order valence-corrected chi connectivity index (χ1v) is 7.65. The van der Waals surface area contributed by atoms with E-state index in [0.29, 0.717) is 6.42 Å². The fourth-order valence-corrected chi connectivity index (χ4v) is 2.66. The molecular weight excluding hydrogens is 328 g/mol. The Labute approximate surface area is 134 Å². The van der Waals surface area contributed by atoms with Crippen LogP contribution in [0.25, 0.3) is 0 Å². The molecule has 2 nitrogen and oxygen atoms in total. The molecule has 3 heteroatoms. The van der Waals surface area contributed by atoms with E-state index in [4.69, 9.17) is 4.74 Å². The van der Waals surface area contributed by atoms with Gasteiger partial charge < -0.3 is 4.74 Å². The molecule has 0 aliphatic heterocycles. The van der Waals surface area contributed by atoms with Crippen molar-refractivity contribution in [2.24, 2.45) is 0 Å². The summed E-state index contributed by atoms with van der Waals surface area (Å²) in [6.07, 6.45) is 0.353. The van der Waals surface area contributed by atoms with Crippen molar-refractivity contribution in [2.45, 2.75) is 27.2 Å². The lowest BCUT2D eigenvalue weighted by molar-refractivity contribution is 0.0992. The van der Waals surface area contributed by atoms with Crippen LogP contribution < -0.4 is 4.74 Å². The van der Waals surface area contributed by atoms with Gasteiger partial charge in [-0.05, 0) is 50.1 Å². The molecule has 0 atom stereocenters. The standard InChI is InChI=1S/C18H19BrO2/c1-11-5-6-17(21-4)15(7-11)10-16(20)14-8-12(2)18(19)13(3)9-14/h5-9H,10H2,1-4H3. The van der Waals surface area contributed by atoms with E-state index in [1.165, 1.54) is 0 Å². The van der Waals surface area contributed by atoms with Crippen molar-refractivity contribution in [3.8, 4) is 5.75 Å². The van der Waals surface area contributed by atoms with Gasteiger partial charge in [-0.2, -0.15) is 0 Å². The van der Waals surface area contributed by atoms with Gasteiger partial charge in [0.15, 0.2) is 5.78 Å². The van der Waals surface area contributed by atoms with Gasteiger partial charge in [-0.15, -0.1) is 0 Å². The van der Waals surface area contributed by atoms with Gasteiger partial charge in [0.1, 0.15) is 5.75 Å². The number of hydrogen-bond acceptors (Lipinski definition) is 2. The van der Waals surface area contributed by atoms with Gasteiger partial charge in [-0.3, -0.25) is 4.79 Å². The van der Waals surface area contributed by atoms with Crippen molar-refractivity contribution < 1.29 is 9.53 Å². The van der Waals surface area contributed by atoms with Crippen LogP contribution in [0.3, 0.4) is 0 Å². The SMILES string of the molecule is COc1ccc(C)cc1CC(=O)c1cc(C)c(Br)c(C)c1. The van der Waals surface area contributed by atoms with Crippen LogP contribution in [0.1, 0.15) is 32.6 Å². The summed E-state index contributed by atoms with van der Waals surface area (Å²) in [7, 11) is 1.63. The Hall–Kier alpha value is -1.61. The number of benzene rings is 2. The second kappa shape index (κ2) is 6.44. The van der Waals surface area contributed by atoms with E-state index < -0.39 is 0 Å². The molecule has 0 bridgehead atoms. The molecule has 0 saturated carbocycles. The van der Waals surface area contributed by atoms with Crippen LogP contribution in [-0.4, -0.2) is 12.9 Å².